The van der Waals surface area contributed by atoms with Crippen LogP contribution in [0.3, 0.4) is 0 Å². The number of rotatable bonds is 2. The van der Waals surface area contributed by atoms with Crippen molar-refractivity contribution in [3.05, 3.63) is 24.5 Å². The molecule has 0 aliphatic heterocycles. The molecule has 3 rings (SSSR count). The topological polar surface area (TPSA) is 78.1 Å². The van der Waals surface area contributed by atoms with Gasteiger partial charge in [0.05, 0.1) is 17.7 Å². The van der Waals surface area contributed by atoms with Gasteiger partial charge < -0.3 is 14.7 Å². The average molecular weight is 233 g/mol. The van der Waals surface area contributed by atoms with Crippen LogP contribution in [0.25, 0.3) is 11.4 Å². The molecule has 90 valence electrons. The Morgan fingerprint density at radius 3 is 2.94 bits per heavy atom. The highest BCUT2D eigenvalue weighted by atomic mass is 16.5. The van der Waals surface area contributed by atoms with Crippen LogP contribution in [-0.4, -0.2) is 16.2 Å². The standard InChI is InChI=1S/C12H15N3O2/c13-10-4-2-1-3-9(10)12-14-11(15-17-12)8-5-6-16-7-8/h5-7,9-10H,1-4,13H2. The van der Waals surface area contributed by atoms with Crippen LogP contribution < -0.4 is 5.73 Å². The summed E-state index contributed by atoms with van der Waals surface area (Å²) < 4.78 is 10.3. The van der Waals surface area contributed by atoms with Gasteiger partial charge in [-0.3, -0.25) is 0 Å². The smallest absolute Gasteiger partial charge is 0.231 e. The highest BCUT2D eigenvalue weighted by Gasteiger charge is 2.28. The first kappa shape index (κ1) is 10.5. The summed E-state index contributed by atoms with van der Waals surface area (Å²) in [4.78, 5) is 4.41. The zero-order valence-corrected chi connectivity index (χ0v) is 9.50. The molecule has 0 radical (unpaired) electrons. The van der Waals surface area contributed by atoms with Crippen molar-refractivity contribution >= 4 is 0 Å². The fourth-order valence-electron chi connectivity index (χ4n) is 2.36. The Morgan fingerprint density at radius 1 is 1.29 bits per heavy atom. The Labute approximate surface area is 99.0 Å². The third-order valence-electron chi connectivity index (χ3n) is 3.36. The lowest BCUT2D eigenvalue weighted by atomic mass is 9.85. The lowest BCUT2D eigenvalue weighted by Gasteiger charge is -2.25. The van der Waals surface area contributed by atoms with Crippen molar-refractivity contribution < 1.29 is 8.94 Å². The summed E-state index contributed by atoms with van der Waals surface area (Å²) in [5.41, 5.74) is 6.93. The monoisotopic (exact) mass is 233 g/mol. The van der Waals surface area contributed by atoms with Crippen molar-refractivity contribution in [2.45, 2.75) is 37.6 Å². The first-order valence-electron chi connectivity index (χ1n) is 5.96. The van der Waals surface area contributed by atoms with Gasteiger partial charge in [0, 0.05) is 6.04 Å². The van der Waals surface area contributed by atoms with Gasteiger partial charge >= 0.3 is 0 Å². The van der Waals surface area contributed by atoms with Crippen LogP contribution in [-0.2, 0) is 0 Å². The second-order valence-electron chi connectivity index (χ2n) is 4.52. The zero-order valence-electron chi connectivity index (χ0n) is 9.50. The Kier molecular flexibility index (Phi) is 2.68. The molecule has 1 aliphatic rings. The van der Waals surface area contributed by atoms with Crippen molar-refractivity contribution in [3.8, 4) is 11.4 Å². The van der Waals surface area contributed by atoms with Crippen molar-refractivity contribution in [2.75, 3.05) is 0 Å². The first-order chi connectivity index (χ1) is 8.34. The van der Waals surface area contributed by atoms with Gasteiger partial charge in [-0.1, -0.05) is 18.0 Å². The van der Waals surface area contributed by atoms with Gasteiger partial charge in [0.15, 0.2) is 0 Å². The molecule has 0 aromatic carbocycles. The normalized spacial score (nSPS) is 25.0. The molecule has 17 heavy (non-hydrogen) atoms. The van der Waals surface area contributed by atoms with Crippen molar-refractivity contribution in [2.24, 2.45) is 5.73 Å². The first-order valence-corrected chi connectivity index (χ1v) is 5.96. The summed E-state index contributed by atoms with van der Waals surface area (Å²) in [6.07, 6.45) is 7.65. The van der Waals surface area contributed by atoms with Crippen molar-refractivity contribution in [3.63, 3.8) is 0 Å². The van der Waals surface area contributed by atoms with E-state index in [1.807, 2.05) is 6.07 Å². The molecular formula is C12H15N3O2. The minimum atomic E-state index is 0.140. The highest BCUT2D eigenvalue weighted by molar-refractivity contribution is 5.51. The SMILES string of the molecule is NC1CCCCC1c1nc(-c2ccoc2)no1. The molecule has 0 saturated heterocycles. The molecule has 1 fully saturated rings. The van der Waals surface area contributed by atoms with Gasteiger partial charge in [0.25, 0.3) is 0 Å². The van der Waals surface area contributed by atoms with Crippen LogP contribution in [0.1, 0.15) is 37.5 Å². The van der Waals surface area contributed by atoms with Gasteiger partial charge in [0.1, 0.15) is 6.26 Å². The predicted molar refractivity (Wildman–Crippen MR) is 61.2 cm³/mol. The lowest BCUT2D eigenvalue weighted by Crippen LogP contribution is -2.31. The van der Waals surface area contributed by atoms with Crippen LogP contribution >= 0.6 is 0 Å². The number of aromatic nitrogens is 2. The van der Waals surface area contributed by atoms with E-state index in [1.165, 1.54) is 12.8 Å². The quantitative estimate of drug-likeness (QED) is 0.861. The average Bonchev–Trinajstić information content (AvgIpc) is 3.00. The molecule has 5 heteroatoms. The summed E-state index contributed by atoms with van der Waals surface area (Å²) >= 11 is 0. The molecule has 5 nitrogen and oxygen atoms in total. The molecule has 2 aromatic rings. The van der Waals surface area contributed by atoms with Crippen LogP contribution in [0.15, 0.2) is 27.5 Å². The second-order valence-corrected chi connectivity index (χ2v) is 4.52. The van der Waals surface area contributed by atoms with Crippen molar-refractivity contribution in [1.29, 1.82) is 0 Å². The van der Waals surface area contributed by atoms with Gasteiger partial charge in [-0.15, -0.1) is 0 Å². The fraction of sp³-hybridized carbons (Fsp3) is 0.500. The zero-order chi connectivity index (χ0) is 11.7. The van der Waals surface area contributed by atoms with E-state index in [2.05, 4.69) is 10.1 Å². The summed E-state index contributed by atoms with van der Waals surface area (Å²) in [5, 5.41) is 3.97. The molecule has 2 atom stereocenters. The number of nitrogens with zero attached hydrogens (tertiary/aromatic N) is 2. The van der Waals surface area contributed by atoms with Gasteiger partial charge in [-0.25, -0.2) is 0 Å². The summed E-state index contributed by atoms with van der Waals surface area (Å²) in [6.45, 7) is 0. The molecule has 2 N–H and O–H groups in total. The van der Waals surface area contributed by atoms with Crippen molar-refractivity contribution in [1.82, 2.24) is 10.1 Å². The van der Waals surface area contributed by atoms with Crippen LogP contribution in [0.5, 0.6) is 0 Å². The van der Waals surface area contributed by atoms with E-state index in [4.69, 9.17) is 14.7 Å². The van der Waals surface area contributed by atoms with E-state index in [0.717, 1.165) is 18.4 Å². The number of hydrogen-bond donors (Lipinski definition) is 1. The molecular weight excluding hydrogens is 218 g/mol. The van der Waals surface area contributed by atoms with Crippen LogP contribution in [0.2, 0.25) is 0 Å². The fourth-order valence-corrected chi connectivity index (χ4v) is 2.36. The van der Waals surface area contributed by atoms with Crippen LogP contribution in [0, 0.1) is 0 Å². The Hall–Kier alpha value is -1.62. The molecule has 0 spiro atoms. The van der Waals surface area contributed by atoms with Gasteiger partial charge in [0.2, 0.25) is 11.7 Å². The maximum absolute atomic E-state index is 6.09. The van der Waals surface area contributed by atoms with E-state index in [1.54, 1.807) is 12.5 Å². The molecule has 2 unspecified atom stereocenters. The second kappa shape index (κ2) is 4.33. The summed E-state index contributed by atoms with van der Waals surface area (Å²) in [6, 6.07) is 1.96. The molecule has 1 saturated carbocycles. The highest BCUT2D eigenvalue weighted by Crippen LogP contribution is 2.31. The Bertz CT molecular complexity index is 478. The summed E-state index contributed by atoms with van der Waals surface area (Å²) in [5.74, 6) is 1.44. The van der Waals surface area contributed by atoms with Gasteiger partial charge in [-0.2, -0.15) is 4.98 Å². The Balaban J connectivity index is 1.84. The van der Waals surface area contributed by atoms with E-state index in [-0.39, 0.29) is 12.0 Å². The molecule has 2 aromatic heterocycles. The summed E-state index contributed by atoms with van der Waals surface area (Å²) in [7, 11) is 0. The predicted octanol–water partition coefficient (Wildman–Crippen LogP) is 2.31. The number of nitrogens with two attached hydrogens (primary N) is 1. The van der Waals surface area contributed by atoms with Crippen LogP contribution in [0.4, 0.5) is 0 Å². The third-order valence-corrected chi connectivity index (χ3v) is 3.36. The molecule has 0 amide bonds. The molecule has 0 bridgehead atoms. The minimum Gasteiger partial charge on any atom is -0.472 e. The van der Waals surface area contributed by atoms with E-state index in [9.17, 15) is 0 Å². The number of furan rings is 1. The largest absolute Gasteiger partial charge is 0.472 e. The molecule has 1 aliphatic carbocycles. The molecule has 2 heterocycles. The van der Waals surface area contributed by atoms with E-state index < -0.39 is 0 Å². The number of hydrogen-bond acceptors (Lipinski definition) is 5. The maximum atomic E-state index is 6.09. The van der Waals surface area contributed by atoms with E-state index in [0.29, 0.717) is 11.7 Å². The lowest BCUT2D eigenvalue weighted by molar-refractivity contribution is 0.290. The third kappa shape index (κ3) is 1.98. The maximum Gasteiger partial charge on any atom is 0.231 e. The minimum absolute atomic E-state index is 0.140. The van der Waals surface area contributed by atoms with E-state index >= 15 is 0 Å². The van der Waals surface area contributed by atoms with Gasteiger partial charge in [-0.05, 0) is 18.9 Å². The Morgan fingerprint density at radius 2 is 2.18 bits per heavy atom.